The number of thiol groups is 1. The second-order valence-electron chi connectivity index (χ2n) is 7.05. The van der Waals surface area contributed by atoms with E-state index in [1.54, 1.807) is 0 Å². The predicted molar refractivity (Wildman–Crippen MR) is 143 cm³/mol. The lowest BCUT2D eigenvalue weighted by Gasteiger charge is -2.45. The minimum absolute atomic E-state index is 0.00109. The Morgan fingerprint density at radius 1 is 1.06 bits per heavy atom. The van der Waals surface area contributed by atoms with Crippen LogP contribution in [0.15, 0.2) is 47.4 Å². The van der Waals surface area contributed by atoms with Gasteiger partial charge in [-0.1, -0.05) is 0 Å². The molecule has 1 aliphatic heterocycles. The summed E-state index contributed by atoms with van der Waals surface area (Å²) in [4.78, 5) is 1.43. The highest BCUT2D eigenvalue weighted by molar-refractivity contribution is 8.27. The third-order valence-corrected chi connectivity index (χ3v) is 13.0. The van der Waals surface area contributed by atoms with E-state index in [1.165, 1.54) is 34.7 Å². The van der Waals surface area contributed by atoms with Crippen LogP contribution in [-0.4, -0.2) is 41.1 Å². The van der Waals surface area contributed by atoms with E-state index in [1.807, 2.05) is 41.4 Å². The van der Waals surface area contributed by atoms with E-state index in [9.17, 15) is 13.2 Å². The molecular formula is C21H25F3N2OS5. The Hall–Kier alpha value is -0.880. The fourth-order valence-electron chi connectivity index (χ4n) is 3.60. The molecule has 11 heteroatoms. The molecule has 3 nitrogen and oxygen atoms in total. The molecule has 0 radical (unpaired) electrons. The molecule has 2 atom stereocenters. The van der Waals surface area contributed by atoms with Crippen molar-refractivity contribution in [1.29, 1.82) is 0 Å². The van der Waals surface area contributed by atoms with Gasteiger partial charge in [-0.05, 0) is 96.6 Å². The summed E-state index contributed by atoms with van der Waals surface area (Å²) in [5.41, 5.74) is 2.80. The molecular weight excluding hydrogens is 514 g/mol. The molecule has 1 heterocycles. The fourth-order valence-corrected chi connectivity index (χ4v) is 10.4. The quantitative estimate of drug-likeness (QED) is 0.201. The summed E-state index contributed by atoms with van der Waals surface area (Å²) in [6, 6.07) is 11.9. The van der Waals surface area contributed by atoms with Gasteiger partial charge in [0.15, 0.2) is 5.11 Å². The van der Waals surface area contributed by atoms with Crippen molar-refractivity contribution >= 4 is 74.9 Å². The number of fused-ring (bicyclic) bond motifs is 1. The van der Waals surface area contributed by atoms with E-state index in [-0.39, 0.29) is 20.7 Å². The minimum atomic E-state index is -4.71. The number of thiocarbonyl (C=S) groups is 1. The summed E-state index contributed by atoms with van der Waals surface area (Å²) in [6.45, 7) is 0. The van der Waals surface area contributed by atoms with Crippen LogP contribution in [0.25, 0.3) is 0 Å². The smallest absolute Gasteiger partial charge is 0.406 e. The number of halogens is 3. The van der Waals surface area contributed by atoms with Crippen LogP contribution in [0.5, 0.6) is 5.75 Å². The normalized spacial score (nSPS) is 20.8. The Morgan fingerprint density at radius 2 is 1.66 bits per heavy atom. The van der Waals surface area contributed by atoms with Crippen molar-refractivity contribution in [2.75, 3.05) is 35.7 Å². The maximum absolute atomic E-state index is 12.3. The van der Waals surface area contributed by atoms with E-state index in [2.05, 4.69) is 52.5 Å². The maximum atomic E-state index is 12.3. The first kappa shape index (κ1) is 25.7. The lowest BCUT2D eigenvalue weighted by atomic mass is 10.1. The van der Waals surface area contributed by atoms with Crippen LogP contribution in [0.2, 0.25) is 0 Å². The van der Waals surface area contributed by atoms with E-state index >= 15 is 0 Å². The van der Waals surface area contributed by atoms with Gasteiger partial charge in [-0.25, -0.2) is 10.9 Å². The zero-order valence-electron chi connectivity index (χ0n) is 17.9. The summed E-state index contributed by atoms with van der Waals surface area (Å²) in [7, 11) is -0.259. The van der Waals surface area contributed by atoms with E-state index in [0.717, 1.165) is 12.1 Å². The third-order valence-electron chi connectivity index (χ3n) is 5.20. The van der Waals surface area contributed by atoms with Gasteiger partial charge in [-0.3, -0.25) is 0 Å². The minimum Gasteiger partial charge on any atom is -0.406 e. The van der Waals surface area contributed by atoms with Gasteiger partial charge in [0.1, 0.15) is 5.75 Å². The molecule has 2 aromatic carbocycles. The van der Waals surface area contributed by atoms with Crippen molar-refractivity contribution in [2.45, 2.75) is 26.3 Å². The predicted octanol–water partition coefficient (Wildman–Crippen LogP) is 7.36. The Kier molecular flexibility index (Phi) is 8.51. The van der Waals surface area contributed by atoms with Crippen molar-refractivity contribution in [1.82, 2.24) is 0 Å². The lowest BCUT2D eigenvalue weighted by Crippen LogP contribution is -2.29. The highest BCUT2D eigenvalue weighted by atomic mass is 32.2. The number of hydrogen-bond donors (Lipinski definition) is 3. The van der Waals surface area contributed by atoms with Crippen LogP contribution in [-0.2, 0) is 4.08 Å². The molecule has 1 aliphatic rings. The van der Waals surface area contributed by atoms with Crippen molar-refractivity contribution in [3.05, 3.63) is 48.0 Å². The largest absolute Gasteiger partial charge is 0.573 e. The van der Waals surface area contributed by atoms with Gasteiger partial charge in [0, 0.05) is 16.0 Å². The van der Waals surface area contributed by atoms with Crippen molar-refractivity contribution in [3.8, 4) is 5.75 Å². The number of anilines is 2. The SMILES string of the molecule is CSC1CC(SC)(SC)c2cc(NC(=S)Nc3ccc(OC(F)(F)F)cc3)ccc2[SH]1C. The number of rotatable bonds is 6. The zero-order valence-corrected chi connectivity index (χ0v) is 22.1. The van der Waals surface area contributed by atoms with Gasteiger partial charge in [0.05, 0.1) is 4.08 Å². The monoisotopic (exact) mass is 538 g/mol. The second kappa shape index (κ2) is 10.6. The van der Waals surface area contributed by atoms with Crippen LogP contribution < -0.4 is 15.4 Å². The van der Waals surface area contributed by atoms with Crippen molar-refractivity contribution in [3.63, 3.8) is 0 Å². The number of benzene rings is 2. The van der Waals surface area contributed by atoms with Crippen LogP contribution >= 0.6 is 58.4 Å². The van der Waals surface area contributed by atoms with Gasteiger partial charge < -0.3 is 15.4 Å². The van der Waals surface area contributed by atoms with E-state index in [4.69, 9.17) is 12.2 Å². The Labute approximate surface area is 207 Å². The highest BCUT2D eigenvalue weighted by Gasteiger charge is 2.41. The molecule has 0 saturated heterocycles. The van der Waals surface area contributed by atoms with Crippen LogP contribution in [0.3, 0.4) is 0 Å². The molecule has 0 amide bonds. The molecule has 0 aliphatic carbocycles. The average molecular weight is 539 g/mol. The Morgan fingerprint density at radius 3 is 2.22 bits per heavy atom. The molecule has 0 saturated carbocycles. The van der Waals surface area contributed by atoms with Gasteiger partial charge in [0.25, 0.3) is 0 Å². The molecule has 176 valence electrons. The third kappa shape index (κ3) is 5.97. The Bertz CT molecular complexity index is 951. The average Bonchev–Trinajstić information content (AvgIpc) is 2.75. The number of ether oxygens (including phenoxy) is 1. The summed E-state index contributed by atoms with van der Waals surface area (Å²) < 4.78 is 41.5. The molecule has 2 N–H and O–H groups in total. The zero-order chi connectivity index (χ0) is 23.5. The molecule has 2 unspecified atom stereocenters. The summed E-state index contributed by atoms with van der Waals surface area (Å²) in [6.07, 6.45) is 5.28. The van der Waals surface area contributed by atoms with Gasteiger partial charge in [-0.2, -0.15) is 11.8 Å². The molecule has 2 aromatic rings. The van der Waals surface area contributed by atoms with Crippen LogP contribution in [0, 0.1) is 0 Å². The molecule has 0 bridgehead atoms. The number of thioether (sulfide) groups is 3. The number of alkyl halides is 3. The summed E-state index contributed by atoms with van der Waals surface area (Å²) in [5.74, 6) is -0.276. The highest BCUT2D eigenvalue weighted by Crippen LogP contribution is 2.62. The first-order valence-corrected chi connectivity index (χ1v) is 15.6. The van der Waals surface area contributed by atoms with E-state index in [0.29, 0.717) is 15.4 Å². The number of hydrogen-bond acceptors (Lipinski definition) is 5. The van der Waals surface area contributed by atoms with Crippen LogP contribution in [0.4, 0.5) is 24.5 Å². The summed E-state index contributed by atoms with van der Waals surface area (Å²) in [5, 5.41) is 6.59. The molecule has 3 rings (SSSR count). The second-order valence-corrected chi connectivity index (χ2v) is 13.6. The molecule has 0 aromatic heterocycles. The summed E-state index contributed by atoms with van der Waals surface area (Å²) >= 11 is 11.1. The van der Waals surface area contributed by atoms with E-state index < -0.39 is 6.36 Å². The molecule has 0 spiro atoms. The number of nitrogens with one attached hydrogen (secondary N) is 2. The first-order chi connectivity index (χ1) is 15.1. The van der Waals surface area contributed by atoms with Crippen LogP contribution in [0.1, 0.15) is 12.0 Å². The lowest BCUT2D eigenvalue weighted by molar-refractivity contribution is -0.274. The van der Waals surface area contributed by atoms with Crippen molar-refractivity contribution in [2.24, 2.45) is 0 Å². The first-order valence-electron chi connectivity index (χ1n) is 9.55. The maximum Gasteiger partial charge on any atom is 0.573 e. The fraction of sp³-hybridized carbons (Fsp3) is 0.381. The standard InChI is InChI=1S/C21H25F3N2OS5/c1-29-18-12-20(30-2,31-3)16-11-14(7-10-17(16)32(18)4)26-19(28)25-13-5-8-15(9-6-13)27-21(22,23)24/h5-11,18,32H,12H2,1-4H3,(H2,25,26,28). The topological polar surface area (TPSA) is 33.3 Å². The Balaban J connectivity index is 1.75. The molecule has 32 heavy (non-hydrogen) atoms. The molecule has 0 fully saturated rings. The van der Waals surface area contributed by atoms with Gasteiger partial charge >= 0.3 is 6.36 Å². The van der Waals surface area contributed by atoms with Gasteiger partial charge in [0.2, 0.25) is 0 Å². The van der Waals surface area contributed by atoms with Crippen molar-refractivity contribution < 1.29 is 17.9 Å². The van der Waals surface area contributed by atoms with Gasteiger partial charge in [-0.15, -0.1) is 36.7 Å².